The molecule has 0 unspecified atom stereocenters. The highest BCUT2D eigenvalue weighted by Crippen LogP contribution is 2.25. The van der Waals surface area contributed by atoms with E-state index in [0.717, 1.165) is 11.1 Å². The van der Waals surface area contributed by atoms with Crippen molar-refractivity contribution in [1.29, 1.82) is 0 Å². The van der Waals surface area contributed by atoms with Crippen molar-refractivity contribution in [3.05, 3.63) is 107 Å². The summed E-state index contributed by atoms with van der Waals surface area (Å²) in [5.74, 6) is -0.581. The Morgan fingerprint density at radius 3 is 2.55 bits per heavy atom. The summed E-state index contributed by atoms with van der Waals surface area (Å²) in [4.78, 5) is 47.8. The predicted octanol–water partition coefficient (Wildman–Crippen LogP) is 2.39. The van der Waals surface area contributed by atoms with Gasteiger partial charge in [0, 0.05) is 23.9 Å². The van der Waals surface area contributed by atoms with Crippen molar-refractivity contribution in [1.82, 2.24) is 30.0 Å². The van der Waals surface area contributed by atoms with Gasteiger partial charge in [-0.25, -0.2) is 14.6 Å². The number of hydrogen-bond acceptors (Lipinski definition) is 6. The highest BCUT2D eigenvalue weighted by molar-refractivity contribution is 6.22. The van der Waals surface area contributed by atoms with Gasteiger partial charge in [0.2, 0.25) is 0 Å². The number of imide groups is 1. The van der Waals surface area contributed by atoms with Gasteiger partial charge in [-0.3, -0.25) is 19.3 Å². The smallest absolute Gasteiger partial charge is 0.261 e. The number of fused-ring (bicyclic) bond motifs is 1. The normalized spacial score (nSPS) is 12.7. The molecule has 1 aliphatic rings. The van der Waals surface area contributed by atoms with Crippen molar-refractivity contribution >= 4 is 17.7 Å². The Morgan fingerprint density at radius 1 is 0.939 bits per heavy atom. The van der Waals surface area contributed by atoms with Crippen LogP contribution >= 0.6 is 0 Å². The first-order valence-corrected chi connectivity index (χ1v) is 10.2. The average Bonchev–Trinajstić information content (AvgIpc) is 3.47. The van der Waals surface area contributed by atoms with Crippen LogP contribution < -0.4 is 5.32 Å². The number of carbonyl (C=O) groups is 3. The SMILES string of the molecule is O=C(NCc1cccnc1-n1cncn1)c1ccc2c(c1)C(=O)N(Cc1ccccc1)C2=O. The van der Waals surface area contributed by atoms with Crippen LogP contribution in [0.3, 0.4) is 0 Å². The summed E-state index contributed by atoms with van der Waals surface area (Å²) in [5.41, 5.74) is 2.42. The van der Waals surface area contributed by atoms with Crippen LogP contribution in [0.5, 0.6) is 0 Å². The highest BCUT2D eigenvalue weighted by atomic mass is 16.2. The second kappa shape index (κ2) is 8.46. The highest BCUT2D eigenvalue weighted by Gasteiger charge is 2.36. The lowest BCUT2D eigenvalue weighted by Crippen LogP contribution is -2.29. The molecule has 0 saturated carbocycles. The molecule has 0 atom stereocenters. The topological polar surface area (TPSA) is 110 Å². The molecule has 162 valence electrons. The second-order valence-corrected chi connectivity index (χ2v) is 7.45. The van der Waals surface area contributed by atoms with Gasteiger partial charge in [-0.05, 0) is 29.8 Å². The molecule has 1 N–H and O–H groups in total. The molecule has 2 aromatic heterocycles. The van der Waals surface area contributed by atoms with E-state index in [1.54, 1.807) is 18.3 Å². The molecule has 3 heterocycles. The van der Waals surface area contributed by atoms with Gasteiger partial charge in [0.05, 0.1) is 17.7 Å². The summed E-state index contributed by atoms with van der Waals surface area (Å²) in [7, 11) is 0. The Balaban J connectivity index is 1.32. The summed E-state index contributed by atoms with van der Waals surface area (Å²) >= 11 is 0. The van der Waals surface area contributed by atoms with Crippen LogP contribution in [-0.2, 0) is 13.1 Å². The van der Waals surface area contributed by atoms with Crippen LogP contribution in [0.4, 0.5) is 0 Å². The number of nitrogens with zero attached hydrogens (tertiary/aromatic N) is 5. The number of benzene rings is 2. The molecule has 1 aliphatic heterocycles. The fraction of sp³-hybridized carbons (Fsp3) is 0.0833. The van der Waals surface area contributed by atoms with E-state index in [4.69, 9.17) is 0 Å². The largest absolute Gasteiger partial charge is 0.348 e. The van der Waals surface area contributed by atoms with Crippen LogP contribution in [0, 0.1) is 0 Å². The van der Waals surface area contributed by atoms with Crippen LogP contribution in [0.25, 0.3) is 5.82 Å². The van der Waals surface area contributed by atoms with Crippen LogP contribution in [0.15, 0.2) is 79.5 Å². The number of hydrogen-bond donors (Lipinski definition) is 1. The maximum Gasteiger partial charge on any atom is 0.261 e. The first-order chi connectivity index (χ1) is 16.1. The monoisotopic (exact) mass is 438 g/mol. The number of pyridine rings is 1. The van der Waals surface area contributed by atoms with E-state index in [9.17, 15) is 14.4 Å². The fourth-order valence-corrected chi connectivity index (χ4v) is 3.71. The number of carbonyl (C=O) groups excluding carboxylic acids is 3. The van der Waals surface area contributed by atoms with Gasteiger partial charge in [0.1, 0.15) is 12.7 Å². The van der Waals surface area contributed by atoms with Crippen molar-refractivity contribution < 1.29 is 14.4 Å². The lowest BCUT2D eigenvalue weighted by Gasteiger charge is -2.13. The van der Waals surface area contributed by atoms with Gasteiger partial charge in [-0.2, -0.15) is 5.10 Å². The third-order valence-corrected chi connectivity index (χ3v) is 5.36. The molecule has 9 heteroatoms. The van der Waals surface area contributed by atoms with Crippen molar-refractivity contribution in [3.8, 4) is 5.82 Å². The number of rotatable bonds is 6. The lowest BCUT2D eigenvalue weighted by atomic mass is 10.1. The summed E-state index contributed by atoms with van der Waals surface area (Å²) in [5, 5.41) is 6.92. The van der Waals surface area contributed by atoms with Crippen molar-refractivity contribution in [2.24, 2.45) is 0 Å². The Kier molecular flexibility index (Phi) is 5.19. The van der Waals surface area contributed by atoms with Gasteiger partial charge in [-0.1, -0.05) is 36.4 Å². The molecule has 0 fully saturated rings. The van der Waals surface area contributed by atoms with E-state index in [0.29, 0.717) is 16.9 Å². The first kappa shape index (κ1) is 20.3. The summed E-state index contributed by atoms with van der Waals surface area (Å²) < 4.78 is 1.52. The maximum atomic E-state index is 12.9. The van der Waals surface area contributed by atoms with Crippen molar-refractivity contribution in [3.63, 3.8) is 0 Å². The minimum atomic E-state index is -0.408. The number of nitrogens with one attached hydrogen (secondary N) is 1. The molecule has 3 amide bonds. The molecule has 0 aliphatic carbocycles. The predicted molar refractivity (Wildman–Crippen MR) is 117 cm³/mol. The standard InChI is InChI=1S/C24H18N6O3/c31-22(27-12-18-7-4-10-26-21(18)30-15-25-14-28-30)17-8-9-19-20(11-17)24(33)29(23(19)32)13-16-5-2-1-3-6-16/h1-11,14-15H,12-13H2,(H,27,31). The van der Waals surface area contributed by atoms with Crippen molar-refractivity contribution in [2.45, 2.75) is 13.1 Å². The molecule has 33 heavy (non-hydrogen) atoms. The minimum absolute atomic E-state index is 0.181. The molecular formula is C24H18N6O3. The molecule has 4 aromatic rings. The molecule has 0 bridgehead atoms. The average molecular weight is 438 g/mol. The Morgan fingerprint density at radius 2 is 1.76 bits per heavy atom. The molecular weight excluding hydrogens is 420 g/mol. The number of amides is 3. The van der Waals surface area contributed by atoms with E-state index in [2.05, 4.69) is 20.4 Å². The van der Waals surface area contributed by atoms with Crippen LogP contribution in [-0.4, -0.2) is 42.4 Å². The molecule has 0 radical (unpaired) electrons. The fourth-order valence-electron chi connectivity index (χ4n) is 3.71. The molecule has 0 spiro atoms. The second-order valence-electron chi connectivity index (χ2n) is 7.45. The third-order valence-electron chi connectivity index (χ3n) is 5.36. The van der Waals surface area contributed by atoms with Crippen molar-refractivity contribution in [2.75, 3.05) is 0 Å². The summed E-state index contributed by atoms with van der Waals surface area (Å²) in [6, 6.07) is 17.4. The molecule has 0 saturated heterocycles. The van der Waals surface area contributed by atoms with Gasteiger partial charge >= 0.3 is 0 Å². The Bertz CT molecular complexity index is 1350. The van der Waals surface area contributed by atoms with E-state index < -0.39 is 5.91 Å². The third kappa shape index (κ3) is 3.87. The molecule has 2 aromatic carbocycles. The van der Waals surface area contributed by atoms with Gasteiger partial charge in [-0.15, -0.1) is 0 Å². The van der Waals surface area contributed by atoms with E-state index in [-0.39, 0.29) is 30.5 Å². The zero-order valence-electron chi connectivity index (χ0n) is 17.4. The summed E-state index contributed by atoms with van der Waals surface area (Å²) in [6.07, 6.45) is 4.56. The van der Waals surface area contributed by atoms with E-state index in [1.807, 2.05) is 36.4 Å². The van der Waals surface area contributed by atoms with E-state index >= 15 is 0 Å². The van der Waals surface area contributed by atoms with Crippen LogP contribution in [0.1, 0.15) is 42.2 Å². The lowest BCUT2D eigenvalue weighted by molar-refractivity contribution is 0.0642. The zero-order valence-corrected chi connectivity index (χ0v) is 17.4. The van der Waals surface area contributed by atoms with Gasteiger partial charge in [0.15, 0.2) is 5.82 Å². The van der Waals surface area contributed by atoms with Gasteiger partial charge < -0.3 is 5.32 Å². The van der Waals surface area contributed by atoms with E-state index in [1.165, 1.54) is 34.4 Å². The molecule has 9 nitrogen and oxygen atoms in total. The minimum Gasteiger partial charge on any atom is -0.348 e. The molecule has 5 rings (SSSR count). The number of aromatic nitrogens is 4. The quantitative estimate of drug-likeness (QED) is 0.463. The zero-order chi connectivity index (χ0) is 22.8. The first-order valence-electron chi connectivity index (χ1n) is 10.2. The summed E-state index contributed by atoms with van der Waals surface area (Å²) in [6.45, 7) is 0.382. The van der Waals surface area contributed by atoms with Gasteiger partial charge in [0.25, 0.3) is 17.7 Å². The Labute approximate surface area is 188 Å². The maximum absolute atomic E-state index is 12.9. The Hall–Kier alpha value is -4.66. The van der Waals surface area contributed by atoms with Crippen LogP contribution in [0.2, 0.25) is 0 Å².